The lowest BCUT2D eigenvalue weighted by atomic mass is 10.5. The summed E-state index contributed by atoms with van der Waals surface area (Å²) in [6.07, 6.45) is 0.952. The fraction of sp³-hybridized carbons (Fsp3) is 1.00. The predicted molar refractivity (Wildman–Crippen MR) is 65.3 cm³/mol. The van der Waals surface area contributed by atoms with Crippen molar-refractivity contribution in [3.05, 3.63) is 0 Å². The molecule has 0 amide bonds. The minimum absolute atomic E-state index is 0.176. The maximum absolute atomic E-state index is 6.08. The number of rotatable bonds is 7. The summed E-state index contributed by atoms with van der Waals surface area (Å²) in [7, 11) is 0.626. The van der Waals surface area contributed by atoms with Gasteiger partial charge in [0.15, 0.2) is 0 Å². The van der Waals surface area contributed by atoms with Gasteiger partial charge in [0.25, 0.3) is 0 Å². The molecule has 0 heterocycles. The standard InChI is InChI=1S/C9H24O4Si2/c1-8-9(10-2)14(5,6)13-15(7,11-3)12-4/h9H,8H2,1-7H3. The quantitative estimate of drug-likeness (QED) is 0.650. The molecule has 0 aromatic carbocycles. The second-order valence-corrected chi connectivity index (χ2v) is 11.3. The second kappa shape index (κ2) is 6.12. The first kappa shape index (κ1) is 15.3. The molecule has 0 rings (SSSR count). The topological polar surface area (TPSA) is 36.9 Å². The molecule has 0 N–H and O–H groups in total. The van der Waals surface area contributed by atoms with Crippen LogP contribution in [-0.2, 0) is 17.7 Å². The van der Waals surface area contributed by atoms with Gasteiger partial charge in [-0.2, -0.15) is 0 Å². The van der Waals surface area contributed by atoms with Crippen molar-refractivity contribution >= 4 is 17.1 Å². The maximum Gasteiger partial charge on any atom is 0.486 e. The van der Waals surface area contributed by atoms with Crippen molar-refractivity contribution in [2.75, 3.05) is 21.3 Å². The second-order valence-electron chi connectivity index (χ2n) is 4.11. The Morgan fingerprint density at radius 1 is 1.00 bits per heavy atom. The van der Waals surface area contributed by atoms with Gasteiger partial charge in [-0.1, -0.05) is 6.92 Å². The van der Waals surface area contributed by atoms with E-state index in [-0.39, 0.29) is 5.73 Å². The number of hydrogen-bond donors (Lipinski definition) is 0. The molecule has 0 aromatic heterocycles. The smallest absolute Gasteiger partial charge is 0.413 e. The van der Waals surface area contributed by atoms with E-state index in [0.717, 1.165) is 6.42 Å². The van der Waals surface area contributed by atoms with Crippen LogP contribution in [0.25, 0.3) is 0 Å². The summed E-state index contributed by atoms with van der Waals surface area (Å²) in [6.45, 7) is 8.27. The summed E-state index contributed by atoms with van der Waals surface area (Å²) < 4.78 is 22.2. The Kier molecular flexibility index (Phi) is 6.23. The van der Waals surface area contributed by atoms with Crippen molar-refractivity contribution in [3.63, 3.8) is 0 Å². The highest BCUT2D eigenvalue weighted by molar-refractivity contribution is 6.81. The highest BCUT2D eigenvalue weighted by Gasteiger charge is 2.43. The van der Waals surface area contributed by atoms with Crippen LogP contribution in [0.1, 0.15) is 13.3 Å². The molecule has 0 saturated carbocycles. The Morgan fingerprint density at radius 3 is 1.73 bits per heavy atom. The Hall–Kier alpha value is 0.274. The fourth-order valence-corrected chi connectivity index (χ4v) is 8.38. The molecule has 1 unspecified atom stereocenters. The van der Waals surface area contributed by atoms with Crippen LogP contribution in [-0.4, -0.2) is 44.2 Å². The monoisotopic (exact) mass is 252 g/mol. The minimum Gasteiger partial charge on any atom is -0.413 e. The lowest BCUT2D eigenvalue weighted by Gasteiger charge is -2.36. The fourth-order valence-electron chi connectivity index (χ4n) is 1.65. The van der Waals surface area contributed by atoms with Gasteiger partial charge in [-0.05, 0) is 19.5 Å². The van der Waals surface area contributed by atoms with E-state index in [0.29, 0.717) is 0 Å². The highest BCUT2D eigenvalue weighted by atomic mass is 28.5. The lowest BCUT2D eigenvalue weighted by Crippen LogP contribution is -2.56. The van der Waals surface area contributed by atoms with Gasteiger partial charge in [-0.3, -0.25) is 0 Å². The predicted octanol–water partition coefficient (Wildman–Crippen LogP) is 2.03. The summed E-state index contributed by atoms with van der Waals surface area (Å²) in [5, 5.41) is 0. The molecule has 1 atom stereocenters. The first-order valence-corrected chi connectivity index (χ1v) is 10.4. The zero-order valence-electron chi connectivity index (χ0n) is 10.9. The van der Waals surface area contributed by atoms with Gasteiger partial charge in [0.05, 0.1) is 5.73 Å². The molecule has 0 saturated heterocycles. The molecule has 0 aromatic rings. The van der Waals surface area contributed by atoms with Crippen LogP contribution >= 0.6 is 0 Å². The average Bonchev–Trinajstić information content (AvgIpc) is 2.18. The summed E-state index contributed by atoms with van der Waals surface area (Å²) in [6, 6.07) is 0. The van der Waals surface area contributed by atoms with Gasteiger partial charge in [-0.25, -0.2) is 0 Å². The van der Waals surface area contributed by atoms with Crippen LogP contribution in [0, 0.1) is 0 Å². The van der Waals surface area contributed by atoms with Crippen LogP contribution in [0.15, 0.2) is 0 Å². The maximum atomic E-state index is 6.08. The van der Waals surface area contributed by atoms with Crippen molar-refractivity contribution < 1.29 is 17.7 Å². The molecule has 0 fully saturated rings. The van der Waals surface area contributed by atoms with Crippen LogP contribution in [0.4, 0.5) is 0 Å². The molecule has 4 nitrogen and oxygen atoms in total. The van der Waals surface area contributed by atoms with Crippen molar-refractivity contribution in [2.45, 2.75) is 38.7 Å². The Bertz CT molecular complexity index is 179. The molecular formula is C9H24O4Si2. The summed E-state index contributed by atoms with van der Waals surface area (Å²) in [5.41, 5.74) is 0.176. The molecule has 0 aliphatic heterocycles. The van der Waals surface area contributed by atoms with Gasteiger partial charge in [0, 0.05) is 27.9 Å². The molecule has 0 spiro atoms. The van der Waals surface area contributed by atoms with E-state index in [1.807, 2.05) is 6.55 Å². The van der Waals surface area contributed by atoms with Crippen molar-refractivity contribution in [1.82, 2.24) is 0 Å². The highest BCUT2D eigenvalue weighted by Crippen LogP contribution is 2.22. The van der Waals surface area contributed by atoms with E-state index in [2.05, 4.69) is 20.0 Å². The SMILES string of the molecule is CCC(OC)[Si](C)(C)O[Si](C)(OC)OC. The van der Waals surface area contributed by atoms with Gasteiger partial charge < -0.3 is 17.7 Å². The third kappa shape index (κ3) is 4.33. The molecule has 15 heavy (non-hydrogen) atoms. The molecule has 6 heteroatoms. The van der Waals surface area contributed by atoms with E-state index >= 15 is 0 Å². The summed E-state index contributed by atoms with van der Waals surface area (Å²) in [4.78, 5) is 0. The Balaban J connectivity index is 4.59. The zero-order chi connectivity index (χ0) is 12.1. The third-order valence-electron chi connectivity index (χ3n) is 2.62. The molecule has 0 aliphatic carbocycles. The molecule has 92 valence electrons. The van der Waals surface area contributed by atoms with Crippen LogP contribution in [0.5, 0.6) is 0 Å². The molecule has 0 bridgehead atoms. The minimum atomic E-state index is -2.45. The van der Waals surface area contributed by atoms with Gasteiger partial charge >= 0.3 is 8.80 Å². The van der Waals surface area contributed by atoms with E-state index in [9.17, 15) is 0 Å². The van der Waals surface area contributed by atoms with Crippen LogP contribution in [0.3, 0.4) is 0 Å². The van der Waals surface area contributed by atoms with Gasteiger partial charge in [0.1, 0.15) is 0 Å². The first-order chi connectivity index (χ1) is 6.85. The Labute approximate surface area is 95.4 Å². The van der Waals surface area contributed by atoms with Crippen LogP contribution < -0.4 is 0 Å². The molecular weight excluding hydrogens is 228 g/mol. The zero-order valence-corrected chi connectivity index (χ0v) is 12.9. The first-order valence-electron chi connectivity index (χ1n) is 5.18. The van der Waals surface area contributed by atoms with E-state index < -0.39 is 17.1 Å². The van der Waals surface area contributed by atoms with Crippen molar-refractivity contribution in [1.29, 1.82) is 0 Å². The van der Waals surface area contributed by atoms with Crippen molar-refractivity contribution in [3.8, 4) is 0 Å². The largest absolute Gasteiger partial charge is 0.486 e. The van der Waals surface area contributed by atoms with E-state index in [1.54, 1.807) is 21.3 Å². The van der Waals surface area contributed by atoms with Crippen LogP contribution in [0.2, 0.25) is 19.6 Å². The number of hydrogen-bond acceptors (Lipinski definition) is 4. The Morgan fingerprint density at radius 2 is 1.47 bits per heavy atom. The molecule has 0 radical (unpaired) electrons. The van der Waals surface area contributed by atoms with Gasteiger partial charge in [-0.15, -0.1) is 0 Å². The van der Waals surface area contributed by atoms with Gasteiger partial charge in [0.2, 0.25) is 8.32 Å². The van der Waals surface area contributed by atoms with Crippen molar-refractivity contribution in [2.24, 2.45) is 0 Å². The normalized spacial score (nSPS) is 15.4. The van der Waals surface area contributed by atoms with E-state index in [4.69, 9.17) is 17.7 Å². The lowest BCUT2D eigenvalue weighted by molar-refractivity contribution is 0.119. The summed E-state index contributed by atoms with van der Waals surface area (Å²) in [5.74, 6) is 0. The average molecular weight is 252 g/mol. The third-order valence-corrected chi connectivity index (χ3v) is 9.89. The number of methoxy groups -OCH3 is 1. The molecule has 0 aliphatic rings. The number of ether oxygens (including phenoxy) is 1. The van der Waals surface area contributed by atoms with E-state index in [1.165, 1.54) is 0 Å². The summed E-state index contributed by atoms with van der Waals surface area (Å²) >= 11 is 0.